The van der Waals surface area contributed by atoms with E-state index in [1.54, 1.807) is 24.3 Å². The van der Waals surface area contributed by atoms with Gasteiger partial charge < -0.3 is 24.5 Å². The van der Waals surface area contributed by atoms with Crippen LogP contribution in [0, 0.1) is 0 Å². The minimum atomic E-state index is -3.55. The van der Waals surface area contributed by atoms with Crippen molar-refractivity contribution < 1.29 is 23.0 Å². The van der Waals surface area contributed by atoms with Crippen LogP contribution < -0.4 is 19.1 Å². The first kappa shape index (κ1) is 35.8. The Balaban J connectivity index is 1.01. The molecule has 0 spiro atoms. The van der Waals surface area contributed by atoms with Gasteiger partial charge in [0.2, 0.25) is 10.0 Å². The topological polar surface area (TPSA) is 93.0 Å². The van der Waals surface area contributed by atoms with Crippen molar-refractivity contribution in [2.75, 3.05) is 30.3 Å². The van der Waals surface area contributed by atoms with Gasteiger partial charge in [0.1, 0.15) is 24.7 Å². The van der Waals surface area contributed by atoms with E-state index >= 15 is 0 Å². The minimum absolute atomic E-state index is 0.206. The van der Waals surface area contributed by atoms with E-state index in [9.17, 15) is 13.5 Å². The number of aliphatic hydroxyl groups excluding tert-OH is 1. The first-order valence-electron chi connectivity index (χ1n) is 17.7. The number of nitrogens with zero attached hydrogens (tertiary/aromatic N) is 2. The predicted molar refractivity (Wildman–Crippen MR) is 213 cm³/mol. The summed E-state index contributed by atoms with van der Waals surface area (Å²) in [6.45, 7) is 2.58. The van der Waals surface area contributed by atoms with Crippen LogP contribution in [0.25, 0.3) is 21.8 Å². The Labute approximate surface area is 310 Å². The lowest BCUT2D eigenvalue weighted by Gasteiger charge is -2.24. The molecule has 0 saturated carbocycles. The Bertz CT molecular complexity index is 2380. The fourth-order valence-corrected chi connectivity index (χ4v) is 7.43. The summed E-state index contributed by atoms with van der Waals surface area (Å²) in [6, 6.07) is 49.6. The van der Waals surface area contributed by atoms with Crippen molar-refractivity contribution >= 4 is 37.5 Å². The van der Waals surface area contributed by atoms with Gasteiger partial charge in [-0.25, -0.2) is 8.42 Å². The van der Waals surface area contributed by atoms with Gasteiger partial charge in [0, 0.05) is 42.5 Å². The summed E-state index contributed by atoms with van der Waals surface area (Å²) in [4.78, 5) is 0. The Kier molecular flexibility index (Phi) is 11.1. The van der Waals surface area contributed by atoms with Crippen LogP contribution in [0.2, 0.25) is 0 Å². The zero-order valence-electron chi connectivity index (χ0n) is 29.6. The number of hydrogen-bond donors (Lipinski definition) is 2. The predicted octanol–water partition coefficient (Wildman–Crippen LogP) is 8.09. The second kappa shape index (κ2) is 16.4. The van der Waals surface area contributed by atoms with Crippen molar-refractivity contribution in [3.8, 4) is 11.5 Å². The molecule has 9 heteroatoms. The summed E-state index contributed by atoms with van der Waals surface area (Å²) < 4.78 is 41.5. The number of ether oxygens (including phenoxy) is 2. The maximum Gasteiger partial charge on any atom is 0.232 e. The van der Waals surface area contributed by atoms with Crippen LogP contribution in [0.4, 0.5) is 5.69 Å². The lowest BCUT2D eigenvalue weighted by Crippen LogP contribution is -2.29. The lowest BCUT2D eigenvalue weighted by molar-refractivity contribution is 0.172. The first-order valence-corrected chi connectivity index (χ1v) is 19.6. The van der Waals surface area contributed by atoms with Crippen LogP contribution in [-0.4, -0.2) is 44.0 Å². The van der Waals surface area contributed by atoms with E-state index in [0.717, 1.165) is 44.4 Å². The molecule has 8 nitrogen and oxygen atoms in total. The van der Waals surface area contributed by atoms with Crippen LogP contribution in [0.5, 0.6) is 11.5 Å². The maximum atomic E-state index is 12.7. The van der Waals surface area contributed by atoms with Crippen molar-refractivity contribution in [3.05, 3.63) is 174 Å². The van der Waals surface area contributed by atoms with E-state index in [1.165, 1.54) is 16.1 Å². The van der Waals surface area contributed by atoms with Crippen molar-refractivity contribution in [3.63, 3.8) is 0 Å². The zero-order chi connectivity index (χ0) is 36.6. The van der Waals surface area contributed by atoms with Crippen molar-refractivity contribution in [1.82, 2.24) is 9.88 Å². The number of fused-ring (bicyclic) bond motifs is 3. The molecular formula is C44H43N3O5S. The van der Waals surface area contributed by atoms with E-state index in [1.807, 2.05) is 66.7 Å². The molecule has 1 aromatic heterocycles. The molecule has 0 aliphatic carbocycles. The second-order valence-corrected chi connectivity index (χ2v) is 15.0. The number of aromatic nitrogens is 1. The maximum absolute atomic E-state index is 12.7. The van der Waals surface area contributed by atoms with Gasteiger partial charge in [-0.1, -0.05) is 103 Å². The Hall–Kier alpha value is -5.61. The summed E-state index contributed by atoms with van der Waals surface area (Å²) in [5, 5.41) is 16.6. The molecule has 1 heterocycles. The van der Waals surface area contributed by atoms with Gasteiger partial charge >= 0.3 is 0 Å². The SMILES string of the molecule is CS(=O)(=O)N(Cc1ccccc1)c1cccc([C@@H](O)CNCCOc2ccc3c4ccc(OCc5ccccc5)cc4n(Cc4ccccc4)c3c2)c1. The highest BCUT2D eigenvalue weighted by atomic mass is 32.2. The average molecular weight is 726 g/mol. The van der Waals surface area contributed by atoms with Crippen molar-refractivity contribution in [1.29, 1.82) is 0 Å². The Morgan fingerprint density at radius 1 is 0.679 bits per heavy atom. The number of sulfonamides is 1. The van der Waals surface area contributed by atoms with Gasteiger partial charge in [-0.05, 0) is 58.7 Å². The number of rotatable bonds is 16. The van der Waals surface area contributed by atoms with Crippen LogP contribution in [0.15, 0.2) is 152 Å². The highest BCUT2D eigenvalue weighted by Crippen LogP contribution is 2.35. The number of benzene rings is 6. The zero-order valence-corrected chi connectivity index (χ0v) is 30.5. The van der Waals surface area contributed by atoms with E-state index in [-0.39, 0.29) is 13.1 Å². The van der Waals surface area contributed by atoms with Gasteiger partial charge in [-0.3, -0.25) is 4.31 Å². The quantitative estimate of drug-likeness (QED) is 0.0979. The third kappa shape index (κ3) is 8.89. The first-order chi connectivity index (χ1) is 25.8. The van der Waals surface area contributed by atoms with Crippen LogP contribution in [-0.2, 0) is 29.7 Å². The molecule has 0 unspecified atom stereocenters. The molecule has 270 valence electrons. The van der Waals surface area contributed by atoms with Crippen molar-refractivity contribution in [2.24, 2.45) is 0 Å². The molecule has 0 saturated heterocycles. The average Bonchev–Trinajstić information content (AvgIpc) is 3.48. The highest BCUT2D eigenvalue weighted by molar-refractivity contribution is 7.92. The largest absolute Gasteiger partial charge is 0.492 e. The highest BCUT2D eigenvalue weighted by Gasteiger charge is 2.20. The molecule has 7 aromatic rings. The molecule has 6 aromatic carbocycles. The van der Waals surface area contributed by atoms with Crippen LogP contribution in [0.1, 0.15) is 28.4 Å². The summed E-state index contributed by atoms with van der Waals surface area (Å²) in [6.07, 6.45) is 0.361. The van der Waals surface area contributed by atoms with Crippen LogP contribution in [0.3, 0.4) is 0 Å². The molecule has 0 bridgehead atoms. The second-order valence-electron chi connectivity index (χ2n) is 13.1. The third-order valence-corrected chi connectivity index (χ3v) is 10.4. The molecule has 7 rings (SSSR count). The molecule has 53 heavy (non-hydrogen) atoms. The van der Waals surface area contributed by atoms with E-state index in [0.29, 0.717) is 37.6 Å². The van der Waals surface area contributed by atoms with Gasteiger partial charge in [0.25, 0.3) is 0 Å². The van der Waals surface area contributed by atoms with E-state index in [4.69, 9.17) is 9.47 Å². The number of anilines is 1. The molecular weight excluding hydrogens is 683 g/mol. The molecule has 1 atom stereocenters. The fourth-order valence-electron chi connectivity index (χ4n) is 6.55. The van der Waals surface area contributed by atoms with E-state index in [2.05, 4.69) is 70.5 Å². The van der Waals surface area contributed by atoms with Gasteiger partial charge in [-0.2, -0.15) is 0 Å². The molecule has 2 N–H and O–H groups in total. The summed E-state index contributed by atoms with van der Waals surface area (Å²) in [7, 11) is -3.55. The summed E-state index contributed by atoms with van der Waals surface area (Å²) in [5.41, 5.74) is 6.48. The number of hydrogen-bond acceptors (Lipinski definition) is 6. The lowest BCUT2D eigenvalue weighted by atomic mass is 10.1. The fraction of sp³-hybridized carbons (Fsp3) is 0.182. The molecule has 0 fully saturated rings. The molecule has 0 amide bonds. The van der Waals surface area contributed by atoms with Gasteiger partial charge in [0.15, 0.2) is 0 Å². The molecule has 0 aliphatic rings. The standard InChI is InChI=1S/C44H43N3O5S/c1-53(49,50)47(31-34-14-7-3-8-15-34)37-19-11-18-36(26-37)44(48)29-45-24-25-51-38-20-22-40-41-23-21-39(52-32-35-16-9-4-10-17-35)28-43(41)46(42(40)27-38)30-33-12-5-2-6-13-33/h2-23,26-28,44-45,48H,24-25,29-32H2,1H3/t44-/m0/s1. The Morgan fingerprint density at radius 2 is 1.26 bits per heavy atom. The monoisotopic (exact) mass is 725 g/mol. The summed E-state index contributed by atoms with van der Waals surface area (Å²) in [5.74, 6) is 1.57. The molecule has 0 radical (unpaired) electrons. The van der Waals surface area contributed by atoms with Crippen LogP contribution >= 0.6 is 0 Å². The van der Waals surface area contributed by atoms with Crippen molar-refractivity contribution in [2.45, 2.75) is 25.8 Å². The van der Waals surface area contributed by atoms with E-state index < -0.39 is 16.1 Å². The number of aliphatic hydroxyl groups is 1. The smallest absolute Gasteiger partial charge is 0.232 e. The number of nitrogens with one attached hydrogen (secondary N) is 1. The molecule has 0 aliphatic heterocycles. The van der Waals surface area contributed by atoms with Gasteiger partial charge in [0.05, 0.1) is 35.6 Å². The summed E-state index contributed by atoms with van der Waals surface area (Å²) >= 11 is 0. The van der Waals surface area contributed by atoms with Gasteiger partial charge in [-0.15, -0.1) is 0 Å². The third-order valence-electron chi connectivity index (χ3n) is 9.24. The normalized spacial score (nSPS) is 12.2. The Morgan fingerprint density at radius 3 is 1.89 bits per heavy atom. The minimum Gasteiger partial charge on any atom is -0.492 e.